The van der Waals surface area contributed by atoms with E-state index in [1.165, 1.54) is 19.3 Å². The Hall–Kier alpha value is -1.26. The summed E-state index contributed by atoms with van der Waals surface area (Å²) in [6.45, 7) is 10.7. The van der Waals surface area contributed by atoms with E-state index in [4.69, 9.17) is 19.2 Å². The van der Waals surface area contributed by atoms with Gasteiger partial charge in [0.15, 0.2) is 17.5 Å². The molecule has 1 atom stereocenters. The van der Waals surface area contributed by atoms with Gasteiger partial charge < -0.3 is 24.4 Å². The predicted molar refractivity (Wildman–Crippen MR) is 143 cm³/mol. The Morgan fingerprint density at radius 2 is 1.94 bits per heavy atom. The van der Waals surface area contributed by atoms with Gasteiger partial charge in [-0.3, -0.25) is 4.90 Å². The van der Waals surface area contributed by atoms with Crippen molar-refractivity contribution in [2.45, 2.75) is 51.7 Å². The first-order valence-electron chi connectivity index (χ1n) is 12.4. The monoisotopic (exact) mass is 572 g/mol. The van der Waals surface area contributed by atoms with Crippen LogP contribution < -0.4 is 14.8 Å². The highest BCUT2D eigenvalue weighted by atomic mass is 127. The molecule has 1 aromatic rings. The highest BCUT2D eigenvalue weighted by Gasteiger charge is 2.27. The summed E-state index contributed by atoms with van der Waals surface area (Å²) in [5.74, 6) is 3.37. The first-order chi connectivity index (χ1) is 15.8. The molecule has 2 heterocycles. The summed E-state index contributed by atoms with van der Waals surface area (Å²) < 4.78 is 17.5. The van der Waals surface area contributed by atoms with Crippen molar-refractivity contribution in [1.82, 2.24) is 15.1 Å². The second-order valence-corrected chi connectivity index (χ2v) is 9.16. The van der Waals surface area contributed by atoms with Crippen LogP contribution in [0.1, 0.15) is 44.6 Å². The number of nitrogens with one attached hydrogen (secondary N) is 1. The van der Waals surface area contributed by atoms with E-state index in [0.717, 1.165) is 88.3 Å². The van der Waals surface area contributed by atoms with Crippen molar-refractivity contribution >= 4 is 29.9 Å². The summed E-state index contributed by atoms with van der Waals surface area (Å²) in [6, 6.07) is 6.14. The van der Waals surface area contributed by atoms with E-state index < -0.39 is 0 Å². The quantitative estimate of drug-likeness (QED) is 0.291. The molecule has 0 bridgehead atoms. The molecular weight excluding hydrogens is 531 g/mol. The molecule has 3 aliphatic rings. The minimum absolute atomic E-state index is 0. The fourth-order valence-electron chi connectivity index (χ4n) is 5.06. The fourth-order valence-corrected chi connectivity index (χ4v) is 5.06. The van der Waals surface area contributed by atoms with Crippen LogP contribution in [-0.4, -0.2) is 81.5 Å². The van der Waals surface area contributed by atoms with Gasteiger partial charge in [0.1, 0.15) is 0 Å². The minimum Gasteiger partial charge on any atom is -0.493 e. The van der Waals surface area contributed by atoms with Crippen molar-refractivity contribution in [3.05, 3.63) is 23.8 Å². The number of benzene rings is 1. The van der Waals surface area contributed by atoms with Crippen LogP contribution in [0.2, 0.25) is 0 Å². The van der Waals surface area contributed by atoms with Gasteiger partial charge in [0.2, 0.25) is 0 Å². The summed E-state index contributed by atoms with van der Waals surface area (Å²) in [6.07, 6.45) is 6.26. The Morgan fingerprint density at radius 1 is 1.15 bits per heavy atom. The van der Waals surface area contributed by atoms with Crippen LogP contribution in [0.3, 0.4) is 0 Å². The van der Waals surface area contributed by atoms with E-state index >= 15 is 0 Å². The van der Waals surface area contributed by atoms with Crippen molar-refractivity contribution in [3.63, 3.8) is 0 Å². The summed E-state index contributed by atoms with van der Waals surface area (Å²) in [5, 5.41) is 3.51. The topological polar surface area (TPSA) is 58.6 Å². The van der Waals surface area contributed by atoms with Crippen molar-refractivity contribution in [1.29, 1.82) is 0 Å². The van der Waals surface area contributed by atoms with Crippen LogP contribution in [0.4, 0.5) is 0 Å². The number of ether oxygens (including phenoxy) is 3. The third-order valence-corrected chi connectivity index (χ3v) is 6.81. The summed E-state index contributed by atoms with van der Waals surface area (Å²) in [4.78, 5) is 9.99. The molecule has 1 saturated carbocycles. The number of methoxy groups -OCH3 is 1. The average molecular weight is 573 g/mol. The number of para-hydroxylation sites is 1. The summed E-state index contributed by atoms with van der Waals surface area (Å²) >= 11 is 0. The Labute approximate surface area is 216 Å². The molecule has 8 heteroatoms. The molecule has 7 nitrogen and oxygen atoms in total. The molecule has 1 aliphatic carbocycles. The minimum atomic E-state index is 0. The Kier molecular flexibility index (Phi) is 10.8. The molecule has 1 N–H and O–H groups in total. The lowest BCUT2D eigenvalue weighted by Gasteiger charge is -2.29. The molecule has 0 spiro atoms. The van der Waals surface area contributed by atoms with Crippen LogP contribution in [0.15, 0.2) is 23.2 Å². The van der Waals surface area contributed by atoms with Crippen molar-refractivity contribution in [2.24, 2.45) is 10.9 Å². The smallest absolute Gasteiger partial charge is 0.194 e. The molecular formula is C25H41IN4O3. The van der Waals surface area contributed by atoms with Gasteiger partial charge in [-0.15, -0.1) is 24.0 Å². The molecule has 1 aromatic carbocycles. The maximum absolute atomic E-state index is 6.40. The molecule has 33 heavy (non-hydrogen) atoms. The fraction of sp³-hybridized carbons (Fsp3) is 0.720. The lowest BCUT2D eigenvalue weighted by atomic mass is 10.1. The van der Waals surface area contributed by atoms with Gasteiger partial charge >= 0.3 is 0 Å². The number of rotatable bonds is 8. The SMILES string of the molecule is CCNC(=NCc1cccc(OC)c1OC1CCCC1)N1CCC(CN2CCOCC2)C1.I. The molecule has 0 amide bonds. The maximum atomic E-state index is 6.40. The van der Waals surface area contributed by atoms with E-state index in [0.29, 0.717) is 18.6 Å². The van der Waals surface area contributed by atoms with E-state index in [2.05, 4.69) is 28.1 Å². The molecule has 0 aromatic heterocycles. The molecule has 3 fully saturated rings. The number of likely N-dealkylation sites (tertiary alicyclic amines) is 1. The Balaban J connectivity index is 0.00000306. The normalized spacial score (nSPS) is 22.3. The number of guanidine groups is 1. The predicted octanol–water partition coefficient (Wildman–Crippen LogP) is 3.75. The molecule has 4 rings (SSSR count). The summed E-state index contributed by atoms with van der Waals surface area (Å²) in [5.41, 5.74) is 1.09. The van der Waals surface area contributed by atoms with E-state index in [9.17, 15) is 0 Å². The van der Waals surface area contributed by atoms with Gasteiger partial charge in [0.05, 0.1) is 33.0 Å². The molecule has 2 aliphatic heterocycles. The number of nitrogens with zero attached hydrogens (tertiary/aromatic N) is 3. The number of aliphatic imine (C=N–C) groups is 1. The first kappa shape index (κ1) is 26.3. The van der Waals surface area contributed by atoms with Gasteiger partial charge in [-0.1, -0.05) is 12.1 Å². The van der Waals surface area contributed by atoms with Gasteiger partial charge in [-0.25, -0.2) is 4.99 Å². The second-order valence-electron chi connectivity index (χ2n) is 9.16. The number of morpholine rings is 1. The lowest BCUT2D eigenvalue weighted by molar-refractivity contribution is 0.0315. The first-order valence-corrected chi connectivity index (χ1v) is 12.4. The third-order valence-electron chi connectivity index (χ3n) is 6.81. The maximum Gasteiger partial charge on any atom is 0.194 e. The molecule has 186 valence electrons. The Morgan fingerprint density at radius 3 is 2.67 bits per heavy atom. The molecule has 1 unspecified atom stereocenters. The highest BCUT2D eigenvalue weighted by Crippen LogP contribution is 2.35. The zero-order chi connectivity index (χ0) is 22.2. The van der Waals surface area contributed by atoms with Crippen molar-refractivity contribution < 1.29 is 14.2 Å². The highest BCUT2D eigenvalue weighted by molar-refractivity contribution is 14.0. The van der Waals surface area contributed by atoms with E-state index in [1.807, 2.05) is 12.1 Å². The molecule has 2 saturated heterocycles. The third kappa shape index (κ3) is 7.36. The van der Waals surface area contributed by atoms with Crippen LogP contribution in [0.5, 0.6) is 11.5 Å². The van der Waals surface area contributed by atoms with Crippen LogP contribution >= 0.6 is 24.0 Å². The van der Waals surface area contributed by atoms with Crippen LogP contribution in [0, 0.1) is 5.92 Å². The van der Waals surface area contributed by atoms with E-state index in [1.54, 1.807) is 7.11 Å². The van der Waals surface area contributed by atoms with E-state index in [-0.39, 0.29) is 24.0 Å². The number of halogens is 1. The molecule has 0 radical (unpaired) electrons. The zero-order valence-electron chi connectivity index (χ0n) is 20.3. The number of hydrogen-bond acceptors (Lipinski definition) is 5. The van der Waals surface area contributed by atoms with Crippen molar-refractivity contribution in [2.75, 3.05) is 59.6 Å². The number of hydrogen-bond donors (Lipinski definition) is 1. The standard InChI is InChI=1S/C25H40N4O3.HI/c1-3-26-25(29-12-11-20(19-29)18-28-13-15-31-16-14-28)27-17-21-7-6-10-23(30-2)24(21)32-22-8-4-5-9-22;/h6-7,10,20,22H,3-5,8-9,11-19H2,1-2H3,(H,26,27);1H. The van der Waals surface area contributed by atoms with Crippen LogP contribution in [0.25, 0.3) is 0 Å². The van der Waals surface area contributed by atoms with Crippen LogP contribution in [-0.2, 0) is 11.3 Å². The summed E-state index contributed by atoms with van der Waals surface area (Å²) in [7, 11) is 1.72. The van der Waals surface area contributed by atoms with Crippen molar-refractivity contribution in [3.8, 4) is 11.5 Å². The van der Waals surface area contributed by atoms with Gasteiger partial charge in [0, 0.05) is 44.8 Å². The van der Waals surface area contributed by atoms with Gasteiger partial charge in [0.25, 0.3) is 0 Å². The van der Waals surface area contributed by atoms with Gasteiger partial charge in [-0.2, -0.15) is 0 Å². The van der Waals surface area contributed by atoms with Gasteiger partial charge in [-0.05, 0) is 51.0 Å². The average Bonchev–Trinajstić information content (AvgIpc) is 3.50. The Bertz CT molecular complexity index is 751. The second kappa shape index (κ2) is 13.6. The zero-order valence-corrected chi connectivity index (χ0v) is 22.6. The largest absolute Gasteiger partial charge is 0.493 e. The lowest BCUT2D eigenvalue weighted by Crippen LogP contribution is -2.42.